The molecule has 1 spiro atoms. The highest BCUT2D eigenvalue weighted by Crippen LogP contribution is 2.54. The van der Waals surface area contributed by atoms with Gasteiger partial charge in [-0.1, -0.05) is 50.1 Å². The van der Waals surface area contributed by atoms with Crippen molar-refractivity contribution in [3.8, 4) is 11.5 Å². The maximum absolute atomic E-state index is 13.8. The lowest BCUT2D eigenvalue weighted by molar-refractivity contribution is -0.384. The molecular formula is C45H52N8O4S. The van der Waals surface area contributed by atoms with Crippen molar-refractivity contribution in [3.63, 3.8) is 0 Å². The van der Waals surface area contributed by atoms with E-state index < -0.39 is 5.91 Å². The van der Waals surface area contributed by atoms with Crippen molar-refractivity contribution in [2.24, 2.45) is 17.3 Å². The Morgan fingerprint density at radius 1 is 0.983 bits per heavy atom. The maximum Gasteiger partial charge on any atom is 0.293 e. The van der Waals surface area contributed by atoms with E-state index in [1.807, 2.05) is 24.4 Å². The molecule has 0 radical (unpaired) electrons. The van der Waals surface area contributed by atoms with Gasteiger partial charge < -0.3 is 19.9 Å². The summed E-state index contributed by atoms with van der Waals surface area (Å²) < 4.78 is 9.30. The van der Waals surface area contributed by atoms with Crippen LogP contribution in [0.3, 0.4) is 0 Å². The lowest BCUT2D eigenvalue weighted by Gasteiger charge is -2.55. The first kappa shape index (κ1) is 38.4. The molecule has 5 heterocycles. The highest BCUT2D eigenvalue weighted by atomic mass is 32.2. The minimum absolute atomic E-state index is 0.0146. The number of H-pyrrole nitrogens is 1. The highest BCUT2D eigenvalue weighted by Gasteiger charge is 2.50. The number of aromatic nitrogens is 3. The number of fused-ring (bicyclic) bond motifs is 1. The fourth-order valence-corrected chi connectivity index (χ4v) is 10.5. The number of nitrogens with one attached hydrogen (secondary N) is 3. The molecule has 302 valence electrons. The normalized spacial score (nSPS) is 22.2. The molecule has 4 aliphatic rings. The number of piperidine rings is 1. The summed E-state index contributed by atoms with van der Waals surface area (Å²) in [7, 11) is 0. The third-order valence-electron chi connectivity index (χ3n) is 13.3. The van der Waals surface area contributed by atoms with Crippen LogP contribution in [0.5, 0.6) is 11.5 Å². The first-order valence-electron chi connectivity index (χ1n) is 21.0. The van der Waals surface area contributed by atoms with Crippen LogP contribution in [-0.4, -0.2) is 62.9 Å². The van der Waals surface area contributed by atoms with Crippen molar-refractivity contribution in [1.29, 1.82) is 0 Å². The molecule has 1 atom stereocenters. The second kappa shape index (κ2) is 16.6. The molecule has 2 saturated heterocycles. The average Bonchev–Trinajstić information content (AvgIpc) is 3.92. The second-order valence-corrected chi connectivity index (χ2v) is 17.9. The summed E-state index contributed by atoms with van der Waals surface area (Å²) >= 11 is 1.03. The smallest absolute Gasteiger partial charge is 0.293 e. The molecule has 2 aromatic carbocycles. The Morgan fingerprint density at radius 3 is 2.59 bits per heavy atom. The molecule has 2 aliphatic heterocycles. The summed E-state index contributed by atoms with van der Waals surface area (Å²) in [5, 5.41) is 16.3. The van der Waals surface area contributed by atoms with Crippen LogP contribution in [0.1, 0.15) is 93.1 Å². The SMILES string of the molecule is C[C@H]1CC[C@@H](CNc2ccc(SNC(=O)c3cnc(N4CCC5(CC4)CC(N4CCCC4c4ccccc4)C5)cc3Oc3cnc4[nH]ccc4c3)cc2[N+](=O)[O-])CC1. The number of carbonyl (C=O) groups is 1. The number of benzene rings is 2. The number of amides is 1. The van der Waals surface area contributed by atoms with Gasteiger partial charge in [-0.3, -0.25) is 24.5 Å². The summed E-state index contributed by atoms with van der Waals surface area (Å²) in [6.07, 6.45) is 16.9. The van der Waals surface area contributed by atoms with Crippen molar-refractivity contribution in [2.75, 3.05) is 36.4 Å². The fourth-order valence-electron chi connectivity index (χ4n) is 9.83. The number of pyridine rings is 2. The number of hydrogen-bond donors (Lipinski definition) is 3. The Balaban J connectivity index is 0.869. The maximum atomic E-state index is 13.8. The lowest BCUT2D eigenvalue weighted by Crippen LogP contribution is -2.55. The zero-order valence-corrected chi connectivity index (χ0v) is 33.9. The molecule has 4 fully saturated rings. The van der Waals surface area contributed by atoms with Gasteiger partial charge in [-0.05, 0) is 117 Å². The van der Waals surface area contributed by atoms with Gasteiger partial charge in [-0.2, -0.15) is 0 Å². The third kappa shape index (κ3) is 8.24. The molecular weight excluding hydrogens is 749 g/mol. The standard InChI is InChI=1S/C45H52N8O4S/c1-30-9-11-31(12-10-30)27-47-38-14-13-36(23-40(38)53(55)56)58-50-44(54)37-29-48-42(24-41(37)57-35-22-33-15-18-46-43(33)49-28-35)51-20-16-45(17-21-51)25-34(26-45)52-19-5-8-39(52)32-6-3-2-4-7-32/h2-4,6-7,13-15,18,22-24,28-31,34,39,47H,5,8-12,16-17,19-21,25-27H2,1H3,(H,46,49)(H,50,54)/t30-,31+,39?. The van der Waals surface area contributed by atoms with Crippen LogP contribution in [0.2, 0.25) is 0 Å². The quantitative estimate of drug-likeness (QED) is 0.0634. The molecule has 5 aromatic rings. The summed E-state index contributed by atoms with van der Waals surface area (Å²) in [6, 6.07) is 22.9. The van der Waals surface area contributed by atoms with Gasteiger partial charge in [0.25, 0.3) is 11.6 Å². The predicted molar refractivity (Wildman–Crippen MR) is 228 cm³/mol. The van der Waals surface area contributed by atoms with Gasteiger partial charge in [0.05, 0.1) is 11.1 Å². The first-order chi connectivity index (χ1) is 28.3. The Morgan fingerprint density at radius 2 is 1.79 bits per heavy atom. The van der Waals surface area contributed by atoms with Crippen LogP contribution in [0.25, 0.3) is 11.0 Å². The topological polar surface area (TPSA) is 142 Å². The molecule has 12 nitrogen and oxygen atoms in total. The van der Waals surface area contributed by atoms with E-state index in [-0.39, 0.29) is 16.2 Å². The highest BCUT2D eigenvalue weighted by molar-refractivity contribution is 7.98. The number of nitro benzene ring substituents is 1. The van der Waals surface area contributed by atoms with Crippen LogP contribution in [-0.2, 0) is 0 Å². The number of carbonyl (C=O) groups excluding carboxylic acids is 1. The van der Waals surface area contributed by atoms with E-state index in [4.69, 9.17) is 9.72 Å². The lowest BCUT2D eigenvalue weighted by atomic mass is 9.60. The van der Waals surface area contributed by atoms with Crippen LogP contribution >= 0.6 is 11.9 Å². The van der Waals surface area contributed by atoms with Gasteiger partial charge in [0.15, 0.2) is 0 Å². The van der Waals surface area contributed by atoms with Crippen molar-refractivity contribution in [3.05, 3.63) is 107 Å². The van der Waals surface area contributed by atoms with E-state index in [2.05, 4.69) is 67.1 Å². The Hall–Kier alpha value is -5.14. The minimum Gasteiger partial charge on any atom is -0.455 e. The molecule has 13 heteroatoms. The van der Waals surface area contributed by atoms with E-state index in [1.165, 1.54) is 56.7 Å². The van der Waals surface area contributed by atoms with Crippen molar-refractivity contribution < 1.29 is 14.5 Å². The summed E-state index contributed by atoms with van der Waals surface area (Å²) in [5.74, 6) is 2.48. The number of likely N-dealkylation sites (tertiary alicyclic amines) is 1. The van der Waals surface area contributed by atoms with Gasteiger partial charge in [0.2, 0.25) is 0 Å². The minimum atomic E-state index is -0.417. The Labute approximate surface area is 343 Å². The van der Waals surface area contributed by atoms with E-state index in [1.54, 1.807) is 24.5 Å². The van der Waals surface area contributed by atoms with Crippen molar-refractivity contribution >= 4 is 46.1 Å². The van der Waals surface area contributed by atoms with Gasteiger partial charge in [-0.25, -0.2) is 9.97 Å². The predicted octanol–water partition coefficient (Wildman–Crippen LogP) is 9.92. The number of nitro groups is 1. The van der Waals surface area contributed by atoms with Gasteiger partial charge in [0, 0.05) is 66.5 Å². The first-order valence-corrected chi connectivity index (χ1v) is 21.8. The molecule has 9 rings (SSSR count). The zero-order valence-electron chi connectivity index (χ0n) is 33.1. The van der Waals surface area contributed by atoms with Crippen molar-refractivity contribution in [1.82, 2.24) is 24.6 Å². The number of hydrogen-bond acceptors (Lipinski definition) is 10. The van der Waals surface area contributed by atoms with Crippen LogP contribution in [0.15, 0.2) is 90.2 Å². The van der Waals surface area contributed by atoms with E-state index in [0.717, 1.165) is 73.5 Å². The number of ether oxygens (including phenoxy) is 1. The molecule has 58 heavy (non-hydrogen) atoms. The zero-order chi connectivity index (χ0) is 39.6. The van der Waals surface area contributed by atoms with E-state index >= 15 is 0 Å². The van der Waals surface area contributed by atoms with E-state index in [9.17, 15) is 14.9 Å². The van der Waals surface area contributed by atoms with Gasteiger partial charge in [0.1, 0.15) is 34.2 Å². The largest absolute Gasteiger partial charge is 0.455 e. The molecule has 2 aliphatic carbocycles. The fraction of sp³-hybridized carbons (Fsp3) is 0.444. The Kier molecular flexibility index (Phi) is 11.0. The number of anilines is 2. The molecule has 1 unspecified atom stereocenters. The van der Waals surface area contributed by atoms with Crippen LogP contribution < -0.4 is 19.7 Å². The number of rotatable bonds is 12. The van der Waals surface area contributed by atoms with E-state index in [0.29, 0.717) is 52.0 Å². The molecule has 3 N–H and O–H groups in total. The van der Waals surface area contributed by atoms with Gasteiger partial charge in [-0.15, -0.1) is 0 Å². The number of aromatic amines is 1. The Bertz CT molecular complexity index is 2240. The van der Waals surface area contributed by atoms with Crippen LogP contribution in [0, 0.1) is 27.4 Å². The summed E-state index contributed by atoms with van der Waals surface area (Å²) in [4.78, 5) is 43.6. The molecule has 3 aromatic heterocycles. The second-order valence-electron chi connectivity index (χ2n) is 17.1. The monoisotopic (exact) mass is 800 g/mol. The average molecular weight is 801 g/mol. The third-order valence-corrected chi connectivity index (χ3v) is 14.1. The summed E-state index contributed by atoms with van der Waals surface area (Å²) in [5.41, 5.74) is 3.30. The number of nitrogens with zero attached hydrogens (tertiary/aromatic N) is 5. The molecule has 1 amide bonds. The summed E-state index contributed by atoms with van der Waals surface area (Å²) in [6.45, 7) is 5.97. The van der Waals surface area contributed by atoms with Gasteiger partial charge >= 0.3 is 0 Å². The molecule has 0 bridgehead atoms. The van der Waals surface area contributed by atoms with Crippen LogP contribution in [0.4, 0.5) is 17.2 Å². The van der Waals surface area contributed by atoms with Crippen molar-refractivity contribution in [2.45, 2.75) is 88.1 Å². The molecule has 2 saturated carbocycles.